The van der Waals surface area contributed by atoms with Crippen LogP contribution < -0.4 is 14.9 Å². The molecular formula is C21H24F2N4O3S. The molecule has 0 bridgehead atoms. The van der Waals surface area contributed by atoms with E-state index in [-0.39, 0.29) is 18.1 Å². The first kappa shape index (κ1) is 22.7. The molecule has 0 unspecified atom stereocenters. The van der Waals surface area contributed by atoms with Gasteiger partial charge in [-0.2, -0.15) is 0 Å². The Hall–Kier alpha value is -3.01. The predicted molar refractivity (Wildman–Crippen MR) is 116 cm³/mol. The Kier molecular flexibility index (Phi) is 7.21. The average Bonchev–Trinajstić information content (AvgIpc) is 3.26. The molecule has 0 radical (unpaired) electrons. The van der Waals surface area contributed by atoms with Gasteiger partial charge < -0.3 is 10.2 Å². The van der Waals surface area contributed by atoms with Gasteiger partial charge in [0.05, 0.1) is 17.6 Å². The summed E-state index contributed by atoms with van der Waals surface area (Å²) in [6.07, 6.45) is 5.99. The Morgan fingerprint density at radius 2 is 1.97 bits per heavy atom. The van der Waals surface area contributed by atoms with E-state index in [0.717, 1.165) is 43.8 Å². The van der Waals surface area contributed by atoms with Crippen molar-refractivity contribution in [2.75, 3.05) is 29.0 Å². The highest BCUT2D eigenvalue weighted by molar-refractivity contribution is 7.92. The third-order valence-corrected chi connectivity index (χ3v) is 5.31. The van der Waals surface area contributed by atoms with Crippen molar-refractivity contribution in [3.8, 4) is 0 Å². The van der Waals surface area contributed by atoms with Crippen LogP contribution in [-0.4, -0.2) is 38.7 Å². The van der Waals surface area contributed by atoms with Crippen molar-refractivity contribution in [2.24, 2.45) is 0 Å². The van der Waals surface area contributed by atoms with Gasteiger partial charge in [0.1, 0.15) is 18.3 Å². The number of hydrogen-bond donors (Lipinski definition) is 2. The number of alkyl halides is 1. The van der Waals surface area contributed by atoms with E-state index in [1.165, 1.54) is 18.2 Å². The van der Waals surface area contributed by atoms with Crippen molar-refractivity contribution in [1.82, 2.24) is 10.3 Å². The van der Waals surface area contributed by atoms with Gasteiger partial charge in [0, 0.05) is 31.3 Å². The minimum Gasteiger partial charge on any atom is -0.356 e. The number of anilines is 2. The fourth-order valence-electron chi connectivity index (χ4n) is 3.25. The average molecular weight is 451 g/mol. The zero-order chi connectivity index (χ0) is 22.4. The lowest BCUT2D eigenvalue weighted by Crippen LogP contribution is -2.21. The molecule has 0 spiro atoms. The summed E-state index contributed by atoms with van der Waals surface area (Å²) < 4.78 is 51.6. The van der Waals surface area contributed by atoms with Crippen molar-refractivity contribution < 1.29 is 22.0 Å². The zero-order valence-corrected chi connectivity index (χ0v) is 17.9. The molecule has 1 aliphatic rings. The number of rotatable bonds is 8. The van der Waals surface area contributed by atoms with E-state index in [2.05, 4.69) is 19.9 Å². The predicted octanol–water partition coefficient (Wildman–Crippen LogP) is 2.99. The van der Waals surface area contributed by atoms with Crippen LogP contribution >= 0.6 is 0 Å². The number of carbonyl (C=O) groups excluding carboxylic acids is 1. The summed E-state index contributed by atoms with van der Waals surface area (Å²) >= 11 is 0. The normalized spacial score (nSPS) is 14.2. The highest BCUT2D eigenvalue weighted by atomic mass is 32.2. The van der Waals surface area contributed by atoms with Gasteiger partial charge >= 0.3 is 0 Å². The van der Waals surface area contributed by atoms with E-state index in [9.17, 15) is 22.0 Å². The molecule has 1 aromatic heterocycles. The first-order chi connectivity index (χ1) is 14.7. The molecular weight excluding hydrogens is 426 g/mol. The Labute approximate surface area is 180 Å². The van der Waals surface area contributed by atoms with Gasteiger partial charge in [0.2, 0.25) is 15.9 Å². The number of benzene rings is 1. The van der Waals surface area contributed by atoms with Crippen LogP contribution in [0.3, 0.4) is 0 Å². The summed E-state index contributed by atoms with van der Waals surface area (Å²) in [4.78, 5) is 18.6. The molecule has 166 valence electrons. The number of sulfonamides is 1. The van der Waals surface area contributed by atoms with E-state index < -0.39 is 22.5 Å². The van der Waals surface area contributed by atoms with Crippen molar-refractivity contribution in [2.45, 2.75) is 26.1 Å². The largest absolute Gasteiger partial charge is 0.356 e. The van der Waals surface area contributed by atoms with Crippen LogP contribution in [0.4, 0.5) is 20.3 Å². The molecule has 0 saturated carbocycles. The number of amides is 1. The van der Waals surface area contributed by atoms with Gasteiger partial charge in [-0.05, 0) is 48.7 Å². The lowest BCUT2D eigenvalue weighted by atomic mass is 10.2. The van der Waals surface area contributed by atoms with Crippen LogP contribution in [0.2, 0.25) is 0 Å². The van der Waals surface area contributed by atoms with Crippen molar-refractivity contribution in [3.63, 3.8) is 0 Å². The van der Waals surface area contributed by atoms with Gasteiger partial charge in [-0.15, -0.1) is 0 Å². The van der Waals surface area contributed by atoms with Crippen molar-refractivity contribution >= 4 is 33.5 Å². The molecule has 1 aliphatic heterocycles. The Morgan fingerprint density at radius 1 is 1.23 bits per heavy atom. The molecule has 1 aromatic carbocycles. The summed E-state index contributed by atoms with van der Waals surface area (Å²) in [6, 6.07) is 7.30. The lowest BCUT2D eigenvalue weighted by molar-refractivity contribution is -0.116. The molecule has 2 N–H and O–H groups in total. The van der Waals surface area contributed by atoms with Crippen molar-refractivity contribution in [1.29, 1.82) is 0 Å². The fourth-order valence-corrected chi connectivity index (χ4v) is 3.81. The number of hydrogen-bond acceptors (Lipinski definition) is 5. The summed E-state index contributed by atoms with van der Waals surface area (Å²) in [5, 5.41) is 2.65. The van der Waals surface area contributed by atoms with Gasteiger partial charge in [0.25, 0.3) is 0 Å². The molecule has 2 aromatic rings. The second-order valence-electron chi connectivity index (χ2n) is 7.28. The Balaban J connectivity index is 1.64. The Bertz CT molecular complexity index is 1080. The maximum Gasteiger partial charge on any atom is 0.244 e. The van der Waals surface area contributed by atoms with Gasteiger partial charge in [-0.1, -0.05) is 6.07 Å². The molecule has 10 heteroatoms. The van der Waals surface area contributed by atoms with Crippen LogP contribution in [0.5, 0.6) is 0 Å². The number of aromatic nitrogens is 1. The van der Waals surface area contributed by atoms with E-state index in [1.54, 1.807) is 18.2 Å². The lowest BCUT2D eigenvalue weighted by Gasteiger charge is -2.19. The summed E-state index contributed by atoms with van der Waals surface area (Å²) in [7, 11) is -3.58. The van der Waals surface area contributed by atoms with Crippen LogP contribution in [0.25, 0.3) is 6.08 Å². The number of pyridine rings is 1. The van der Waals surface area contributed by atoms with Crippen LogP contribution in [-0.2, 0) is 28.0 Å². The SMILES string of the molecule is CS(=O)(=O)Nc1ccc(CNC(=O)/C=C/c2ccc(CF)nc2N2CCCC2)cc1F. The monoisotopic (exact) mass is 450 g/mol. The Morgan fingerprint density at radius 3 is 2.61 bits per heavy atom. The maximum absolute atomic E-state index is 14.0. The quantitative estimate of drug-likeness (QED) is 0.604. The van der Waals surface area contributed by atoms with E-state index >= 15 is 0 Å². The second-order valence-corrected chi connectivity index (χ2v) is 9.03. The van der Waals surface area contributed by atoms with Gasteiger partial charge in [-0.25, -0.2) is 22.2 Å². The van der Waals surface area contributed by atoms with Gasteiger partial charge in [0.15, 0.2) is 0 Å². The van der Waals surface area contributed by atoms with E-state index in [4.69, 9.17) is 0 Å². The molecule has 3 rings (SSSR count). The molecule has 0 aliphatic carbocycles. The fraction of sp³-hybridized carbons (Fsp3) is 0.333. The summed E-state index contributed by atoms with van der Waals surface area (Å²) in [5.41, 5.74) is 1.39. The van der Waals surface area contributed by atoms with Crippen molar-refractivity contribution in [3.05, 3.63) is 59.0 Å². The van der Waals surface area contributed by atoms with Gasteiger partial charge in [-0.3, -0.25) is 9.52 Å². The molecule has 0 atom stereocenters. The second kappa shape index (κ2) is 9.86. The number of nitrogens with zero attached hydrogens (tertiary/aromatic N) is 2. The van der Waals surface area contributed by atoms with Crippen LogP contribution in [0.15, 0.2) is 36.4 Å². The summed E-state index contributed by atoms with van der Waals surface area (Å²) in [5.74, 6) is -0.463. The number of carbonyl (C=O) groups is 1. The van der Waals surface area contributed by atoms with E-state index in [1.807, 2.05) is 0 Å². The minimum absolute atomic E-state index is 0.0667. The van der Waals surface area contributed by atoms with Crippen LogP contribution in [0, 0.1) is 5.82 Å². The smallest absolute Gasteiger partial charge is 0.244 e. The first-order valence-corrected chi connectivity index (χ1v) is 11.7. The number of halogens is 2. The topological polar surface area (TPSA) is 91.4 Å². The standard InChI is InChI=1S/C21H24F2N4O3S/c1-31(29,30)26-19-8-4-15(12-18(19)23)14-24-20(28)9-6-16-5-7-17(13-22)25-21(16)27-10-2-3-11-27/h4-9,12,26H,2-3,10-11,13-14H2,1H3,(H,24,28)/b9-6+. The number of nitrogens with one attached hydrogen (secondary N) is 2. The molecule has 1 saturated heterocycles. The first-order valence-electron chi connectivity index (χ1n) is 9.78. The maximum atomic E-state index is 14.0. The summed E-state index contributed by atoms with van der Waals surface area (Å²) in [6.45, 7) is 1.09. The third kappa shape index (κ3) is 6.48. The molecule has 1 fully saturated rings. The molecule has 7 nitrogen and oxygen atoms in total. The molecule has 31 heavy (non-hydrogen) atoms. The van der Waals surface area contributed by atoms with Crippen LogP contribution in [0.1, 0.15) is 29.7 Å². The minimum atomic E-state index is -3.58. The molecule has 2 heterocycles. The highest BCUT2D eigenvalue weighted by Gasteiger charge is 2.17. The molecule has 1 amide bonds. The van der Waals surface area contributed by atoms with E-state index in [0.29, 0.717) is 17.1 Å². The highest BCUT2D eigenvalue weighted by Crippen LogP contribution is 2.24. The third-order valence-electron chi connectivity index (χ3n) is 4.72. The zero-order valence-electron chi connectivity index (χ0n) is 17.1.